The highest BCUT2D eigenvalue weighted by Gasteiger charge is 2.31. The second kappa shape index (κ2) is 6.32. The fourth-order valence-electron chi connectivity index (χ4n) is 2.18. The Balaban J connectivity index is 1.89. The minimum absolute atomic E-state index is 0.0122. The van der Waals surface area contributed by atoms with Gasteiger partial charge >= 0.3 is 0 Å². The molecule has 0 bridgehead atoms. The van der Waals surface area contributed by atoms with Crippen molar-refractivity contribution in [3.05, 3.63) is 29.8 Å². The van der Waals surface area contributed by atoms with Crippen molar-refractivity contribution in [3.63, 3.8) is 0 Å². The van der Waals surface area contributed by atoms with Crippen LogP contribution in [0.1, 0.15) is 32.3 Å². The highest BCUT2D eigenvalue weighted by Crippen LogP contribution is 2.29. The molecule has 1 heterocycles. The van der Waals surface area contributed by atoms with Crippen molar-refractivity contribution in [2.45, 2.75) is 38.4 Å². The lowest BCUT2D eigenvalue weighted by Gasteiger charge is -2.19. The van der Waals surface area contributed by atoms with E-state index in [-0.39, 0.29) is 11.7 Å². The molecule has 102 valence electrons. The van der Waals surface area contributed by atoms with Crippen LogP contribution in [0.3, 0.4) is 0 Å². The van der Waals surface area contributed by atoms with Crippen molar-refractivity contribution in [1.82, 2.24) is 0 Å². The molecule has 1 saturated heterocycles. The zero-order valence-electron chi connectivity index (χ0n) is 11.4. The summed E-state index contributed by atoms with van der Waals surface area (Å²) in [6.07, 6.45) is 2.33. The van der Waals surface area contributed by atoms with Crippen LogP contribution in [0.25, 0.3) is 0 Å². The number of hydrogen-bond donors (Lipinski definition) is 0. The minimum Gasteiger partial charge on any atom is -0.491 e. The van der Waals surface area contributed by atoms with Crippen LogP contribution < -0.4 is 4.74 Å². The first-order chi connectivity index (χ1) is 9.09. The van der Waals surface area contributed by atoms with Crippen LogP contribution in [0.15, 0.2) is 24.3 Å². The Morgan fingerprint density at radius 1 is 1.47 bits per heavy atom. The maximum Gasteiger partial charge on any atom is 0.120 e. The van der Waals surface area contributed by atoms with Crippen LogP contribution in [0.2, 0.25) is 0 Å². The molecule has 0 amide bonds. The monoisotopic (exact) mass is 278 g/mol. The fraction of sp³-hybridized carbons (Fsp3) is 0.500. The third-order valence-corrected chi connectivity index (χ3v) is 3.26. The summed E-state index contributed by atoms with van der Waals surface area (Å²) in [7, 11) is 0. The first-order valence-electron chi connectivity index (χ1n) is 6.54. The summed E-state index contributed by atoms with van der Waals surface area (Å²) in [5.41, 5.74) is 0.910. The van der Waals surface area contributed by atoms with Crippen molar-refractivity contribution >= 4 is 11.6 Å². The average Bonchev–Trinajstić information content (AvgIpc) is 2.74. The number of ether oxygens (including phenoxy) is 2. The molecule has 0 saturated carbocycles. The maximum absolute atomic E-state index is 5.90. The molecule has 19 heavy (non-hydrogen) atoms. The van der Waals surface area contributed by atoms with Gasteiger partial charge in [-0.2, -0.15) is 0 Å². The average molecular weight is 279 g/mol. The van der Waals surface area contributed by atoms with Crippen LogP contribution in [0, 0.1) is 11.8 Å². The third-order valence-electron chi connectivity index (χ3n) is 3.12. The van der Waals surface area contributed by atoms with E-state index in [2.05, 4.69) is 25.7 Å². The molecule has 1 aromatic carbocycles. The lowest BCUT2D eigenvalue weighted by molar-refractivity contribution is -0.0326. The van der Waals surface area contributed by atoms with Gasteiger partial charge in [-0.3, -0.25) is 0 Å². The van der Waals surface area contributed by atoms with Gasteiger partial charge in [0.05, 0.1) is 17.6 Å². The summed E-state index contributed by atoms with van der Waals surface area (Å²) >= 11 is 5.54. The summed E-state index contributed by atoms with van der Waals surface area (Å²) in [6.45, 7) is 4.83. The van der Waals surface area contributed by atoms with E-state index in [0.29, 0.717) is 12.5 Å². The summed E-state index contributed by atoms with van der Waals surface area (Å²) < 4.78 is 11.7. The molecule has 2 rings (SSSR count). The van der Waals surface area contributed by atoms with Gasteiger partial charge < -0.3 is 9.47 Å². The van der Waals surface area contributed by atoms with Gasteiger partial charge in [0.25, 0.3) is 0 Å². The van der Waals surface area contributed by atoms with Crippen molar-refractivity contribution in [2.75, 3.05) is 12.5 Å². The van der Waals surface area contributed by atoms with Gasteiger partial charge in [-0.25, -0.2) is 0 Å². The number of alkyl halides is 1. The van der Waals surface area contributed by atoms with E-state index in [1.54, 1.807) is 0 Å². The first kappa shape index (κ1) is 14.2. The molecule has 0 N–H and O–H groups in total. The second-order valence-electron chi connectivity index (χ2n) is 5.31. The first-order valence-corrected chi connectivity index (χ1v) is 7.08. The zero-order chi connectivity index (χ0) is 13.7. The number of hydrogen-bond acceptors (Lipinski definition) is 2. The van der Waals surface area contributed by atoms with Gasteiger partial charge in [0.1, 0.15) is 12.4 Å². The Morgan fingerprint density at radius 3 is 3.00 bits per heavy atom. The molecular formula is C16H19ClO2. The Kier molecular flexibility index (Phi) is 4.74. The van der Waals surface area contributed by atoms with Gasteiger partial charge in [-0.05, 0) is 44.9 Å². The summed E-state index contributed by atoms with van der Waals surface area (Å²) in [6, 6.07) is 7.75. The van der Waals surface area contributed by atoms with Crippen LogP contribution in [0.5, 0.6) is 5.75 Å². The number of benzene rings is 1. The highest BCUT2D eigenvalue weighted by molar-refractivity contribution is 6.19. The molecule has 0 spiro atoms. The number of halogens is 1. The molecule has 1 aliphatic heterocycles. The predicted octanol–water partition coefficient (Wildman–Crippen LogP) is 3.61. The molecule has 2 nitrogen and oxygen atoms in total. The maximum atomic E-state index is 5.90. The molecule has 0 aromatic heterocycles. The topological polar surface area (TPSA) is 18.5 Å². The van der Waals surface area contributed by atoms with Crippen LogP contribution in [0.4, 0.5) is 0 Å². The molecule has 3 heteroatoms. The largest absolute Gasteiger partial charge is 0.491 e. The highest BCUT2D eigenvalue weighted by atomic mass is 35.5. The van der Waals surface area contributed by atoms with Crippen molar-refractivity contribution in [3.8, 4) is 17.6 Å². The van der Waals surface area contributed by atoms with Gasteiger partial charge in [-0.1, -0.05) is 17.9 Å². The minimum atomic E-state index is -0.0122. The molecule has 0 radical (unpaired) electrons. The normalized spacial score (nSPS) is 20.7. The van der Waals surface area contributed by atoms with Gasteiger partial charge in [0.15, 0.2) is 0 Å². The summed E-state index contributed by atoms with van der Waals surface area (Å²) in [5.74, 6) is 6.99. The van der Waals surface area contributed by atoms with E-state index in [1.807, 2.05) is 24.3 Å². The second-order valence-corrected chi connectivity index (χ2v) is 5.58. The third kappa shape index (κ3) is 4.45. The molecule has 1 aromatic rings. The zero-order valence-corrected chi connectivity index (χ0v) is 12.2. The van der Waals surface area contributed by atoms with Gasteiger partial charge in [0.2, 0.25) is 0 Å². The van der Waals surface area contributed by atoms with E-state index in [9.17, 15) is 0 Å². The molecule has 0 aliphatic carbocycles. The van der Waals surface area contributed by atoms with E-state index in [4.69, 9.17) is 21.1 Å². The quantitative estimate of drug-likeness (QED) is 0.621. The van der Waals surface area contributed by atoms with Crippen molar-refractivity contribution < 1.29 is 9.47 Å². The Labute approximate surface area is 120 Å². The Hall–Kier alpha value is -1.17. The molecule has 1 unspecified atom stereocenters. The lowest BCUT2D eigenvalue weighted by Crippen LogP contribution is -2.23. The van der Waals surface area contributed by atoms with Crippen molar-refractivity contribution in [1.29, 1.82) is 0 Å². The fourth-order valence-corrected chi connectivity index (χ4v) is 2.25. The number of rotatable bonds is 3. The SMILES string of the molecule is CC1(C)CCC(COc2cccc(C#CCCl)c2)O1. The molecule has 1 aliphatic rings. The van der Waals surface area contributed by atoms with Crippen LogP contribution in [-0.4, -0.2) is 24.2 Å². The Bertz CT molecular complexity index is 485. The Morgan fingerprint density at radius 2 is 2.32 bits per heavy atom. The molecule has 1 atom stereocenters. The molecule has 1 fully saturated rings. The van der Waals surface area contributed by atoms with Crippen LogP contribution >= 0.6 is 11.6 Å². The van der Waals surface area contributed by atoms with E-state index >= 15 is 0 Å². The lowest BCUT2D eigenvalue weighted by atomic mass is 10.1. The van der Waals surface area contributed by atoms with E-state index < -0.39 is 0 Å². The standard InChI is InChI=1S/C16H19ClO2/c1-16(2)9-8-15(19-16)12-18-14-7-3-5-13(11-14)6-4-10-17/h3,5,7,11,15H,8-10,12H2,1-2H3. The smallest absolute Gasteiger partial charge is 0.120 e. The van der Waals surface area contributed by atoms with Gasteiger partial charge in [-0.15, -0.1) is 11.6 Å². The van der Waals surface area contributed by atoms with E-state index in [0.717, 1.165) is 24.2 Å². The van der Waals surface area contributed by atoms with E-state index in [1.165, 1.54) is 0 Å². The summed E-state index contributed by atoms with van der Waals surface area (Å²) in [4.78, 5) is 0. The summed E-state index contributed by atoms with van der Waals surface area (Å²) in [5, 5.41) is 0. The predicted molar refractivity (Wildman–Crippen MR) is 77.7 cm³/mol. The van der Waals surface area contributed by atoms with Crippen LogP contribution in [-0.2, 0) is 4.74 Å². The van der Waals surface area contributed by atoms with Gasteiger partial charge in [0, 0.05) is 5.56 Å². The molecular weight excluding hydrogens is 260 g/mol. The van der Waals surface area contributed by atoms with Crippen molar-refractivity contribution in [2.24, 2.45) is 0 Å².